The van der Waals surface area contributed by atoms with Crippen molar-refractivity contribution in [1.29, 1.82) is 0 Å². The van der Waals surface area contributed by atoms with Gasteiger partial charge in [-0.05, 0) is 35.4 Å². The summed E-state index contributed by atoms with van der Waals surface area (Å²) in [4.78, 5) is 29.0. The Hall–Kier alpha value is -3.48. The predicted molar refractivity (Wildman–Crippen MR) is 127 cm³/mol. The Bertz CT molecular complexity index is 1110. The lowest BCUT2D eigenvalue weighted by atomic mass is 10.0. The summed E-state index contributed by atoms with van der Waals surface area (Å²) in [6.07, 6.45) is -0.618. The largest absolute Gasteiger partial charge is 0.390 e. The maximum Gasteiger partial charge on any atom is 0.253 e. The number of carbonyl (C=O) groups is 2. The van der Waals surface area contributed by atoms with Gasteiger partial charge in [0.15, 0.2) is 0 Å². The monoisotopic (exact) mass is 441 g/mol. The third-order valence-corrected chi connectivity index (χ3v) is 6.45. The van der Waals surface area contributed by atoms with Crippen molar-refractivity contribution in [2.75, 3.05) is 26.2 Å². The van der Waals surface area contributed by atoms with Crippen molar-refractivity contribution in [2.45, 2.75) is 18.2 Å². The molecule has 6 heteroatoms. The van der Waals surface area contributed by atoms with Crippen LogP contribution >= 0.6 is 0 Å². The van der Waals surface area contributed by atoms with E-state index in [-0.39, 0.29) is 23.9 Å². The van der Waals surface area contributed by atoms with Crippen molar-refractivity contribution in [3.8, 4) is 11.1 Å². The number of β-amino-alcohol motifs (C(OH)–C–C–N with tert-alkyl or cyclic N) is 1. The van der Waals surface area contributed by atoms with Crippen LogP contribution in [0, 0.1) is 0 Å². The van der Waals surface area contributed by atoms with Gasteiger partial charge >= 0.3 is 0 Å². The minimum absolute atomic E-state index is 0.0144. The first-order valence-corrected chi connectivity index (χ1v) is 11.3. The van der Waals surface area contributed by atoms with Crippen LogP contribution in [0.2, 0.25) is 0 Å². The van der Waals surface area contributed by atoms with Crippen molar-refractivity contribution >= 4 is 11.8 Å². The van der Waals surface area contributed by atoms with Gasteiger partial charge in [0.2, 0.25) is 0 Å². The van der Waals surface area contributed by atoms with E-state index in [1.54, 1.807) is 17.0 Å². The summed E-state index contributed by atoms with van der Waals surface area (Å²) in [7, 11) is 0. The highest BCUT2D eigenvalue weighted by atomic mass is 16.3. The molecule has 33 heavy (non-hydrogen) atoms. The average molecular weight is 442 g/mol. The molecule has 2 amide bonds. The molecular formula is C27H27N3O3. The number of amides is 2. The molecule has 2 aliphatic rings. The second kappa shape index (κ2) is 9.17. The first-order valence-electron chi connectivity index (χ1n) is 11.3. The first kappa shape index (κ1) is 21.4. The summed E-state index contributed by atoms with van der Waals surface area (Å²) in [5.41, 5.74) is 3.51. The molecule has 2 heterocycles. The molecule has 3 aromatic rings. The maximum absolute atomic E-state index is 12.8. The summed E-state index contributed by atoms with van der Waals surface area (Å²) in [5.74, 6) is -0.0520. The Labute approximate surface area is 193 Å². The number of nitrogens with zero attached hydrogens (tertiary/aromatic N) is 2. The smallest absolute Gasteiger partial charge is 0.253 e. The molecule has 0 saturated carbocycles. The number of likely N-dealkylation sites (tertiary alicyclic amines) is 2. The van der Waals surface area contributed by atoms with E-state index >= 15 is 0 Å². The molecule has 0 bridgehead atoms. The highest BCUT2D eigenvalue weighted by molar-refractivity contribution is 5.95. The highest BCUT2D eigenvalue weighted by Gasteiger charge is 2.39. The summed E-state index contributed by atoms with van der Waals surface area (Å²) < 4.78 is 0. The zero-order chi connectivity index (χ0) is 22.8. The fraction of sp³-hybridized carbons (Fsp3) is 0.259. The van der Waals surface area contributed by atoms with Crippen LogP contribution in [-0.2, 0) is 0 Å². The van der Waals surface area contributed by atoms with Crippen molar-refractivity contribution in [3.63, 3.8) is 0 Å². The number of rotatable bonds is 5. The molecule has 0 radical (unpaired) electrons. The third kappa shape index (κ3) is 4.53. The van der Waals surface area contributed by atoms with Crippen molar-refractivity contribution in [2.24, 2.45) is 0 Å². The van der Waals surface area contributed by atoms with Gasteiger partial charge in [-0.1, -0.05) is 60.7 Å². The lowest BCUT2D eigenvalue weighted by molar-refractivity contribution is 0.0521. The second-order valence-corrected chi connectivity index (χ2v) is 8.77. The Morgan fingerprint density at radius 3 is 1.82 bits per heavy atom. The molecule has 2 saturated heterocycles. The zero-order valence-corrected chi connectivity index (χ0v) is 18.3. The van der Waals surface area contributed by atoms with Crippen molar-refractivity contribution in [1.82, 2.24) is 15.1 Å². The average Bonchev–Trinajstić information content (AvgIpc) is 3.21. The van der Waals surface area contributed by atoms with E-state index in [1.165, 1.54) is 0 Å². The van der Waals surface area contributed by atoms with E-state index < -0.39 is 6.10 Å². The van der Waals surface area contributed by atoms with Crippen LogP contribution in [0.5, 0.6) is 0 Å². The third-order valence-electron chi connectivity index (χ3n) is 6.45. The number of benzene rings is 3. The molecule has 5 rings (SSSR count). The number of aliphatic hydroxyl groups is 1. The zero-order valence-electron chi connectivity index (χ0n) is 18.3. The number of nitrogens with one attached hydrogen (secondary N) is 1. The number of hydrogen-bond donors (Lipinski definition) is 2. The Kier molecular flexibility index (Phi) is 5.94. The van der Waals surface area contributed by atoms with Crippen LogP contribution in [0.15, 0.2) is 84.9 Å². The molecule has 0 aromatic heterocycles. The number of aliphatic hydroxyl groups excluding tert-OH is 1. The Morgan fingerprint density at radius 2 is 1.18 bits per heavy atom. The first-order chi connectivity index (χ1) is 16.1. The Balaban J connectivity index is 1.13. The predicted octanol–water partition coefficient (Wildman–Crippen LogP) is 2.65. The molecule has 0 aliphatic carbocycles. The minimum atomic E-state index is -0.618. The van der Waals surface area contributed by atoms with Gasteiger partial charge in [0.05, 0.1) is 12.1 Å². The van der Waals surface area contributed by atoms with E-state index in [0.29, 0.717) is 37.3 Å². The van der Waals surface area contributed by atoms with E-state index in [1.807, 2.05) is 65.6 Å². The van der Waals surface area contributed by atoms with Gasteiger partial charge < -0.3 is 20.2 Å². The van der Waals surface area contributed by atoms with Crippen LogP contribution in [0.4, 0.5) is 0 Å². The number of hydrogen-bond acceptors (Lipinski definition) is 4. The fourth-order valence-corrected chi connectivity index (χ4v) is 4.55. The van der Waals surface area contributed by atoms with Gasteiger partial charge in [0.25, 0.3) is 11.8 Å². The van der Waals surface area contributed by atoms with Gasteiger partial charge in [-0.2, -0.15) is 0 Å². The SMILES string of the molecule is O=C(c1ccc(-c2ccccc2)cc1)N1CC(N[C@H]2CN(C(=O)c3ccccc3)C[C@@H]2O)C1. The quantitative estimate of drug-likeness (QED) is 0.639. The summed E-state index contributed by atoms with van der Waals surface area (Å²) in [6.45, 7) is 1.96. The topological polar surface area (TPSA) is 72.9 Å². The second-order valence-electron chi connectivity index (χ2n) is 8.77. The molecule has 3 aromatic carbocycles. The summed E-state index contributed by atoms with van der Waals surface area (Å²) in [5, 5.41) is 13.9. The van der Waals surface area contributed by atoms with Crippen LogP contribution < -0.4 is 5.32 Å². The normalized spacial score (nSPS) is 20.5. The molecule has 2 N–H and O–H groups in total. The summed E-state index contributed by atoms with van der Waals surface area (Å²) >= 11 is 0. The van der Waals surface area contributed by atoms with Crippen LogP contribution in [0.1, 0.15) is 20.7 Å². The van der Waals surface area contributed by atoms with E-state index in [2.05, 4.69) is 17.4 Å². The van der Waals surface area contributed by atoms with E-state index in [9.17, 15) is 14.7 Å². The lowest BCUT2D eigenvalue weighted by Gasteiger charge is -2.41. The van der Waals surface area contributed by atoms with Crippen LogP contribution in [0.3, 0.4) is 0 Å². The fourth-order valence-electron chi connectivity index (χ4n) is 4.55. The molecule has 168 valence electrons. The number of carbonyl (C=O) groups excluding carboxylic acids is 2. The van der Waals surface area contributed by atoms with Gasteiger partial charge in [-0.3, -0.25) is 9.59 Å². The van der Waals surface area contributed by atoms with E-state index in [4.69, 9.17) is 0 Å². The standard InChI is InChI=1S/C27H27N3O3/c31-25-18-30(26(32)21-9-5-2-6-10-21)17-24(25)28-23-15-29(16-23)27(33)22-13-11-20(12-14-22)19-7-3-1-4-8-19/h1-14,23-25,28,31H,15-18H2/t24-,25-/m0/s1. The van der Waals surface area contributed by atoms with Crippen molar-refractivity contribution < 1.29 is 14.7 Å². The van der Waals surface area contributed by atoms with Gasteiger partial charge in [0, 0.05) is 43.3 Å². The maximum atomic E-state index is 12.8. The molecule has 2 aliphatic heterocycles. The van der Waals surface area contributed by atoms with Crippen molar-refractivity contribution in [3.05, 3.63) is 96.1 Å². The summed E-state index contributed by atoms with van der Waals surface area (Å²) in [6, 6.07) is 26.8. The van der Waals surface area contributed by atoms with Gasteiger partial charge in [-0.15, -0.1) is 0 Å². The molecule has 2 fully saturated rings. The minimum Gasteiger partial charge on any atom is -0.390 e. The highest BCUT2D eigenvalue weighted by Crippen LogP contribution is 2.22. The van der Waals surface area contributed by atoms with Crippen LogP contribution in [-0.4, -0.2) is 71.1 Å². The van der Waals surface area contributed by atoms with Crippen LogP contribution in [0.25, 0.3) is 11.1 Å². The molecular weight excluding hydrogens is 414 g/mol. The van der Waals surface area contributed by atoms with E-state index in [0.717, 1.165) is 11.1 Å². The van der Waals surface area contributed by atoms with Gasteiger partial charge in [-0.25, -0.2) is 0 Å². The molecule has 6 nitrogen and oxygen atoms in total. The molecule has 2 atom stereocenters. The molecule has 0 unspecified atom stereocenters. The van der Waals surface area contributed by atoms with Gasteiger partial charge in [0.1, 0.15) is 0 Å². The lowest BCUT2D eigenvalue weighted by Crippen LogP contribution is -2.63. The molecule has 0 spiro atoms. The Morgan fingerprint density at radius 1 is 0.667 bits per heavy atom.